The fraction of sp³-hybridized carbons (Fsp3) is 0.0588. The summed E-state index contributed by atoms with van der Waals surface area (Å²) in [6, 6.07) is 34.3. The lowest BCUT2D eigenvalue weighted by Gasteiger charge is -2.13. The molecule has 0 saturated carbocycles. The number of hydrogen-bond donors (Lipinski definition) is 0. The first kappa shape index (κ1) is 21.2. The monoisotopic (exact) mass is 488 g/mol. The van der Waals surface area contributed by atoms with Crippen molar-refractivity contribution in [3.05, 3.63) is 127 Å². The normalized spacial score (nSPS) is 12.9. The van der Waals surface area contributed by atoms with Crippen LogP contribution in [-0.4, -0.2) is 19.1 Å². The van der Waals surface area contributed by atoms with Gasteiger partial charge >= 0.3 is 0 Å². The predicted molar refractivity (Wildman–Crippen MR) is 156 cm³/mol. The van der Waals surface area contributed by atoms with E-state index < -0.39 is 0 Å². The average Bonchev–Trinajstić information content (AvgIpc) is 3.51. The van der Waals surface area contributed by atoms with Gasteiger partial charge in [0, 0.05) is 45.5 Å². The molecule has 3 aromatic heterocycles. The molecular weight excluding hydrogens is 464 g/mol. The van der Waals surface area contributed by atoms with Crippen molar-refractivity contribution in [3.8, 4) is 22.8 Å². The highest BCUT2D eigenvalue weighted by molar-refractivity contribution is 6.08. The molecule has 0 saturated heterocycles. The zero-order valence-corrected chi connectivity index (χ0v) is 20.8. The van der Waals surface area contributed by atoms with Crippen LogP contribution in [0.5, 0.6) is 0 Å². The van der Waals surface area contributed by atoms with Crippen molar-refractivity contribution in [2.75, 3.05) is 0 Å². The molecular formula is C34H24N4. The second-order valence-corrected chi connectivity index (χ2v) is 9.85. The largest absolute Gasteiger partial charge is 0.310 e. The van der Waals surface area contributed by atoms with Gasteiger partial charge in [-0.15, -0.1) is 0 Å². The molecule has 4 heteroatoms. The minimum Gasteiger partial charge on any atom is -0.310 e. The summed E-state index contributed by atoms with van der Waals surface area (Å²) < 4.78 is 4.53. The van der Waals surface area contributed by atoms with E-state index in [0.29, 0.717) is 5.95 Å². The smallest absolute Gasteiger partial charge is 0.234 e. The predicted octanol–water partition coefficient (Wildman–Crippen LogP) is 8.14. The maximum Gasteiger partial charge on any atom is 0.234 e. The van der Waals surface area contributed by atoms with E-state index in [1.807, 2.05) is 12.4 Å². The number of aromatic nitrogens is 4. The number of allylic oxidation sites excluding steroid dienone is 1. The van der Waals surface area contributed by atoms with Crippen LogP contribution in [0.1, 0.15) is 17.7 Å². The van der Waals surface area contributed by atoms with E-state index in [4.69, 9.17) is 9.97 Å². The molecule has 0 aliphatic heterocycles. The Hall–Kier alpha value is -4.96. The van der Waals surface area contributed by atoms with Crippen LogP contribution in [-0.2, 0) is 6.42 Å². The fourth-order valence-electron chi connectivity index (χ4n) is 5.99. The zero-order valence-electron chi connectivity index (χ0n) is 20.8. The Morgan fingerprint density at radius 3 is 1.79 bits per heavy atom. The standard InChI is InChI=1S/C34H24N4/c1-5-13-30-26(9-1)27-10-2-6-14-31(27)37(30)25-19-17-23(18-20-25)24-21-35-34(36-22-24)38-32-15-7-3-11-28(32)29-12-4-8-16-33(29)38/h1,3-9,11-22H,2,10H2. The highest BCUT2D eigenvalue weighted by Crippen LogP contribution is 2.35. The van der Waals surface area contributed by atoms with Crippen molar-refractivity contribution in [3.63, 3.8) is 0 Å². The Kier molecular flexibility index (Phi) is 4.61. The van der Waals surface area contributed by atoms with E-state index >= 15 is 0 Å². The van der Waals surface area contributed by atoms with Gasteiger partial charge in [-0.05, 0) is 60.4 Å². The third-order valence-corrected chi connectivity index (χ3v) is 7.73. The third-order valence-electron chi connectivity index (χ3n) is 7.73. The molecule has 0 fully saturated rings. The van der Waals surface area contributed by atoms with Crippen molar-refractivity contribution in [2.45, 2.75) is 12.8 Å². The summed E-state index contributed by atoms with van der Waals surface area (Å²) in [6.07, 6.45) is 10.6. The molecule has 0 unspecified atom stereocenters. The van der Waals surface area contributed by atoms with Gasteiger partial charge in [0.05, 0.1) is 16.6 Å². The van der Waals surface area contributed by atoms with Gasteiger partial charge in [0.1, 0.15) is 0 Å². The molecule has 0 radical (unpaired) electrons. The Balaban J connectivity index is 1.18. The number of rotatable bonds is 3. The number of hydrogen-bond acceptors (Lipinski definition) is 2. The SMILES string of the molecule is C1=Cc2c(c3ccccc3n2-c2ccc(-c3cnc(-n4c5ccccc5c5ccccc54)nc3)cc2)CC1. The molecule has 180 valence electrons. The van der Waals surface area contributed by atoms with Crippen LogP contribution < -0.4 is 0 Å². The van der Waals surface area contributed by atoms with Gasteiger partial charge in [-0.1, -0.05) is 72.8 Å². The number of aryl methyl sites for hydroxylation is 1. The van der Waals surface area contributed by atoms with Crippen molar-refractivity contribution in [1.82, 2.24) is 19.1 Å². The highest BCUT2D eigenvalue weighted by atomic mass is 15.1. The lowest BCUT2D eigenvalue weighted by atomic mass is 10.0. The quantitative estimate of drug-likeness (QED) is 0.252. The van der Waals surface area contributed by atoms with E-state index in [0.717, 1.165) is 35.0 Å². The molecule has 0 N–H and O–H groups in total. The molecule has 0 bridgehead atoms. The Bertz CT molecular complexity index is 1950. The summed E-state index contributed by atoms with van der Waals surface area (Å²) in [6.45, 7) is 0. The minimum absolute atomic E-state index is 0.681. The van der Waals surface area contributed by atoms with Gasteiger partial charge in [-0.25, -0.2) is 9.97 Å². The van der Waals surface area contributed by atoms with E-state index in [1.54, 1.807) is 0 Å². The molecule has 1 aliphatic rings. The fourth-order valence-corrected chi connectivity index (χ4v) is 5.99. The van der Waals surface area contributed by atoms with Gasteiger partial charge in [0.2, 0.25) is 5.95 Å². The number of para-hydroxylation sites is 3. The van der Waals surface area contributed by atoms with E-state index in [1.165, 1.54) is 38.6 Å². The van der Waals surface area contributed by atoms with Gasteiger partial charge in [-0.3, -0.25) is 4.57 Å². The van der Waals surface area contributed by atoms with Crippen LogP contribution in [0.25, 0.3) is 61.5 Å². The van der Waals surface area contributed by atoms with E-state index in [2.05, 4.69) is 118 Å². The van der Waals surface area contributed by atoms with Crippen LogP contribution in [0.2, 0.25) is 0 Å². The summed E-state index contributed by atoms with van der Waals surface area (Å²) in [5, 5.41) is 3.77. The molecule has 4 nitrogen and oxygen atoms in total. The number of fused-ring (bicyclic) bond motifs is 6. The number of nitrogens with zero attached hydrogens (tertiary/aromatic N) is 4. The Morgan fingerprint density at radius 2 is 1.13 bits per heavy atom. The topological polar surface area (TPSA) is 35.6 Å². The molecule has 8 rings (SSSR count). The Labute approximate surface area is 220 Å². The van der Waals surface area contributed by atoms with E-state index in [-0.39, 0.29) is 0 Å². The van der Waals surface area contributed by atoms with Crippen molar-refractivity contribution in [2.24, 2.45) is 0 Å². The summed E-state index contributed by atoms with van der Waals surface area (Å²) >= 11 is 0. The van der Waals surface area contributed by atoms with Crippen LogP contribution in [0, 0.1) is 0 Å². The van der Waals surface area contributed by atoms with Crippen molar-refractivity contribution in [1.29, 1.82) is 0 Å². The average molecular weight is 489 g/mol. The van der Waals surface area contributed by atoms with Crippen LogP contribution in [0.4, 0.5) is 0 Å². The van der Waals surface area contributed by atoms with Gasteiger partial charge in [-0.2, -0.15) is 0 Å². The first-order valence-corrected chi connectivity index (χ1v) is 13.1. The first-order chi connectivity index (χ1) is 18.9. The second kappa shape index (κ2) is 8.29. The second-order valence-electron chi connectivity index (χ2n) is 9.85. The number of benzene rings is 4. The third kappa shape index (κ3) is 3.10. The molecule has 3 heterocycles. The minimum atomic E-state index is 0.681. The van der Waals surface area contributed by atoms with Crippen LogP contribution in [0.3, 0.4) is 0 Å². The van der Waals surface area contributed by atoms with Gasteiger partial charge in [0.15, 0.2) is 0 Å². The zero-order chi connectivity index (χ0) is 25.1. The summed E-state index contributed by atoms with van der Waals surface area (Å²) in [5.74, 6) is 0.681. The van der Waals surface area contributed by atoms with Crippen molar-refractivity contribution >= 4 is 38.8 Å². The molecule has 4 aromatic carbocycles. The van der Waals surface area contributed by atoms with Crippen LogP contribution >= 0.6 is 0 Å². The summed E-state index contributed by atoms with van der Waals surface area (Å²) in [4.78, 5) is 9.61. The highest BCUT2D eigenvalue weighted by Gasteiger charge is 2.18. The summed E-state index contributed by atoms with van der Waals surface area (Å²) in [7, 11) is 0. The Morgan fingerprint density at radius 1 is 0.553 bits per heavy atom. The van der Waals surface area contributed by atoms with Crippen LogP contribution in [0.15, 0.2) is 116 Å². The molecule has 0 atom stereocenters. The van der Waals surface area contributed by atoms with Gasteiger partial charge < -0.3 is 4.57 Å². The van der Waals surface area contributed by atoms with Crippen molar-refractivity contribution < 1.29 is 0 Å². The summed E-state index contributed by atoms with van der Waals surface area (Å²) in [5.41, 5.74) is 9.49. The maximum atomic E-state index is 4.81. The maximum absolute atomic E-state index is 4.81. The lowest BCUT2D eigenvalue weighted by Crippen LogP contribution is -2.01. The molecule has 1 aliphatic carbocycles. The molecule has 0 spiro atoms. The van der Waals surface area contributed by atoms with E-state index in [9.17, 15) is 0 Å². The molecule has 7 aromatic rings. The molecule has 38 heavy (non-hydrogen) atoms. The first-order valence-electron chi connectivity index (χ1n) is 13.1. The van der Waals surface area contributed by atoms with Gasteiger partial charge in [0.25, 0.3) is 0 Å². The molecule has 0 amide bonds. The lowest BCUT2D eigenvalue weighted by molar-refractivity contribution is 0.967.